The molecule has 0 fully saturated rings. The maximum absolute atomic E-state index is 10.4. The zero-order valence-corrected chi connectivity index (χ0v) is 14.8. The summed E-state index contributed by atoms with van der Waals surface area (Å²) < 4.78 is 4.91. The minimum atomic E-state index is -0.606. The molecule has 1 rings (SSSR count). The Labute approximate surface area is 146 Å². The van der Waals surface area contributed by atoms with E-state index in [1.165, 1.54) is 62.2 Å². The van der Waals surface area contributed by atoms with Crippen LogP contribution in [-0.2, 0) is 0 Å². The lowest BCUT2D eigenvalue weighted by atomic mass is 10.1. The summed E-state index contributed by atoms with van der Waals surface area (Å²) in [7, 11) is 0. The van der Waals surface area contributed by atoms with Gasteiger partial charge < -0.3 is 10.2 Å². The Balaban J connectivity index is 0.00000484. The summed E-state index contributed by atoms with van der Waals surface area (Å²) in [4.78, 5) is 9.84. The summed E-state index contributed by atoms with van der Waals surface area (Å²) in [6.45, 7) is 2.20. The van der Waals surface area contributed by atoms with Gasteiger partial charge in [-0.2, -0.15) is 5.10 Å². The van der Waals surface area contributed by atoms with Crippen molar-refractivity contribution in [2.24, 2.45) is 15.9 Å². The number of amidine groups is 1. The van der Waals surface area contributed by atoms with Gasteiger partial charge in [0.15, 0.2) is 10.9 Å². The number of rotatable bonds is 10. The van der Waals surface area contributed by atoms with Crippen molar-refractivity contribution in [2.45, 2.75) is 45.4 Å². The number of halogens is 1. The van der Waals surface area contributed by atoms with Crippen molar-refractivity contribution in [3.63, 3.8) is 0 Å². The molecule has 1 heterocycles. The molecule has 0 bridgehead atoms. The van der Waals surface area contributed by atoms with Crippen molar-refractivity contribution in [1.82, 2.24) is 0 Å². The standard InChI is InChI=1S/C14H22N4O3S.ClH/c1-2-3-4-5-6-7-10-22-14(15)17-16-11-12-8-9-13(21-12)18(19)20;/h8-9,11H,2-7,10H2,1H3,(H2,15,17);1H. The largest absolute Gasteiger partial charge is 0.433 e. The van der Waals surface area contributed by atoms with Gasteiger partial charge in [-0.3, -0.25) is 10.1 Å². The van der Waals surface area contributed by atoms with Gasteiger partial charge in [0.25, 0.3) is 0 Å². The van der Waals surface area contributed by atoms with Gasteiger partial charge in [-0.15, -0.1) is 17.5 Å². The van der Waals surface area contributed by atoms with E-state index in [1.807, 2.05) is 0 Å². The average Bonchev–Trinajstić information content (AvgIpc) is 2.95. The Kier molecular flexibility index (Phi) is 12.1. The Morgan fingerprint density at radius 2 is 2.04 bits per heavy atom. The molecule has 1 aromatic heterocycles. The molecule has 0 aliphatic rings. The first-order chi connectivity index (χ1) is 10.6. The molecule has 7 nitrogen and oxygen atoms in total. The first-order valence-corrected chi connectivity index (χ1v) is 8.35. The predicted octanol–water partition coefficient (Wildman–Crippen LogP) is 4.35. The molecule has 9 heteroatoms. The molecule has 0 aliphatic carbocycles. The van der Waals surface area contributed by atoms with E-state index in [4.69, 9.17) is 10.2 Å². The molecule has 1 aromatic rings. The molecular formula is C14H23ClN4O3S. The van der Waals surface area contributed by atoms with Gasteiger partial charge in [0, 0.05) is 5.75 Å². The molecule has 0 saturated carbocycles. The van der Waals surface area contributed by atoms with Crippen LogP contribution in [0.15, 0.2) is 26.8 Å². The highest BCUT2D eigenvalue weighted by Crippen LogP contribution is 2.14. The highest BCUT2D eigenvalue weighted by molar-refractivity contribution is 8.13. The summed E-state index contributed by atoms with van der Waals surface area (Å²) in [5.41, 5.74) is 5.71. The highest BCUT2D eigenvalue weighted by atomic mass is 35.5. The predicted molar refractivity (Wildman–Crippen MR) is 97.7 cm³/mol. The van der Waals surface area contributed by atoms with E-state index in [-0.39, 0.29) is 24.1 Å². The fourth-order valence-corrected chi connectivity index (χ4v) is 2.40. The fourth-order valence-electron chi connectivity index (χ4n) is 1.74. The third kappa shape index (κ3) is 9.96. The van der Waals surface area contributed by atoms with Crippen LogP contribution in [0.4, 0.5) is 5.88 Å². The first-order valence-electron chi connectivity index (χ1n) is 7.37. The van der Waals surface area contributed by atoms with E-state index in [9.17, 15) is 10.1 Å². The zero-order chi connectivity index (χ0) is 16.2. The van der Waals surface area contributed by atoms with Gasteiger partial charge in [0.2, 0.25) is 0 Å². The monoisotopic (exact) mass is 362 g/mol. The van der Waals surface area contributed by atoms with Crippen LogP contribution in [0.5, 0.6) is 0 Å². The summed E-state index contributed by atoms with van der Waals surface area (Å²) in [6.07, 6.45) is 8.73. The smallest absolute Gasteiger partial charge is 0.400 e. The van der Waals surface area contributed by atoms with E-state index in [0.717, 1.165) is 12.2 Å². The van der Waals surface area contributed by atoms with Crippen molar-refractivity contribution >= 4 is 41.4 Å². The first kappa shape index (κ1) is 21.5. The summed E-state index contributed by atoms with van der Waals surface area (Å²) >= 11 is 1.46. The number of furan rings is 1. The lowest BCUT2D eigenvalue weighted by Crippen LogP contribution is -2.06. The number of unbranched alkanes of at least 4 members (excludes halogenated alkanes) is 5. The maximum atomic E-state index is 10.4. The number of nitrogens with zero attached hydrogens (tertiary/aromatic N) is 3. The number of thioether (sulfide) groups is 1. The van der Waals surface area contributed by atoms with Crippen molar-refractivity contribution in [3.05, 3.63) is 28.0 Å². The van der Waals surface area contributed by atoms with Crippen LogP contribution in [-0.4, -0.2) is 22.1 Å². The molecule has 0 saturated heterocycles. The van der Waals surface area contributed by atoms with Crippen LogP contribution >= 0.6 is 24.2 Å². The second-order valence-electron chi connectivity index (χ2n) is 4.73. The van der Waals surface area contributed by atoms with Crippen molar-refractivity contribution in [1.29, 1.82) is 0 Å². The average molecular weight is 363 g/mol. The normalized spacial score (nSPS) is 11.6. The van der Waals surface area contributed by atoms with Crippen LogP contribution in [0.3, 0.4) is 0 Å². The third-order valence-corrected chi connectivity index (χ3v) is 3.75. The topological polar surface area (TPSA) is 107 Å². The SMILES string of the molecule is CCCCCCCCS/C(N)=N/N=Cc1ccc([N+](=O)[O-])o1.Cl. The molecule has 0 aromatic carbocycles. The molecular weight excluding hydrogens is 340 g/mol. The molecule has 0 atom stereocenters. The minimum absolute atomic E-state index is 0. The second-order valence-corrected chi connectivity index (χ2v) is 5.85. The van der Waals surface area contributed by atoms with Gasteiger partial charge in [-0.25, -0.2) is 0 Å². The Hall–Kier alpha value is -1.54. The van der Waals surface area contributed by atoms with Crippen molar-refractivity contribution in [3.8, 4) is 0 Å². The highest BCUT2D eigenvalue weighted by Gasteiger charge is 2.09. The van der Waals surface area contributed by atoms with Crippen LogP contribution in [0.1, 0.15) is 51.2 Å². The Morgan fingerprint density at radius 1 is 1.35 bits per heavy atom. The van der Waals surface area contributed by atoms with E-state index < -0.39 is 4.92 Å². The summed E-state index contributed by atoms with van der Waals surface area (Å²) in [5, 5.41) is 18.4. The van der Waals surface area contributed by atoms with Gasteiger partial charge in [-0.1, -0.05) is 50.8 Å². The van der Waals surface area contributed by atoms with Gasteiger partial charge >= 0.3 is 5.88 Å². The number of nitrogens with two attached hydrogens (primary N) is 1. The van der Waals surface area contributed by atoms with Crippen LogP contribution < -0.4 is 5.73 Å². The third-order valence-electron chi connectivity index (χ3n) is 2.88. The molecule has 0 aliphatic heterocycles. The number of hydrogen-bond donors (Lipinski definition) is 1. The van der Waals surface area contributed by atoms with Crippen molar-refractivity contribution < 1.29 is 9.34 Å². The number of nitro groups is 1. The van der Waals surface area contributed by atoms with E-state index >= 15 is 0 Å². The molecule has 23 heavy (non-hydrogen) atoms. The zero-order valence-electron chi connectivity index (χ0n) is 13.1. The molecule has 130 valence electrons. The molecule has 0 amide bonds. The Bertz CT molecular complexity index is 520. The van der Waals surface area contributed by atoms with E-state index in [2.05, 4.69) is 17.1 Å². The molecule has 0 spiro atoms. The van der Waals surface area contributed by atoms with Gasteiger partial charge in [-0.05, 0) is 12.5 Å². The van der Waals surface area contributed by atoms with Gasteiger partial charge in [0.1, 0.15) is 4.92 Å². The van der Waals surface area contributed by atoms with Crippen LogP contribution in [0.2, 0.25) is 0 Å². The van der Waals surface area contributed by atoms with Crippen LogP contribution in [0, 0.1) is 10.1 Å². The molecule has 0 radical (unpaired) electrons. The Morgan fingerprint density at radius 3 is 2.70 bits per heavy atom. The number of hydrogen-bond acceptors (Lipinski definition) is 6. The summed E-state index contributed by atoms with van der Waals surface area (Å²) in [5.74, 6) is 0.864. The second kappa shape index (κ2) is 13.0. The maximum Gasteiger partial charge on any atom is 0.433 e. The quantitative estimate of drug-likeness (QED) is 0.219. The van der Waals surface area contributed by atoms with Crippen LogP contribution in [0.25, 0.3) is 0 Å². The van der Waals surface area contributed by atoms with Gasteiger partial charge in [0.05, 0.1) is 12.3 Å². The van der Waals surface area contributed by atoms with E-state index in [0.29, 0.717) is 5.17 Å². The lowest BCUT2D eigenvalue weighted by molar-refractivity contribution is -0.402. The molecule has 0 unspecified atom stereocenters. The fraction of sp³-hybridized carbons (Fsp3) is 0.571. The molecule has 2 N–H and O–H groups in total. The van der Waals surface area contributed by atoms with E-state index in [1.54, 1.807) is 0 Å². The lowest BCUT2D eigenvalue weighted by Gasteiger charge is -2.00. The minimum Gasteiger partial charge on any atom is -0.400 e. The van der Waals surface area contributed by atoms with Crippen molar-refractivity contribution in [2.75, 3.05) is 5.75 Å². The summed E-state index contributed by atoms with van der Waals surface area (Å²) in [6, 6.07) is 2.72.